The summed E-state index contributed by atoms with van der Waals surface area (Å²) in [5.41, 5.74) is 10.2. The number of aromatic nitrogens is 3. The summed E-state index contributed by atoms with van der Waals surface area (Å²) in [5, 5.41) is 9.32. The van der Waals surface area contributed by atoms with Gasteiger partial charge in [-0.05, 0) is 72.2 Å². The molecule has 7 aromatic rings. The van der Waals surface area contributed by atoms with Crippen LogP contribution in [0.25, 0.3) is 56.2 Å². The van der Waals surface area contributed by atoms with Crippen LogP contribution in [-0.4, -0.2) is 38.6 Å². The van der Waals surface area contributed by atoms with Crippen LogP contribution >= 0.6 is 0 Å². The third-order valence-corrected chi connectivity index (χ3v) is 10.2. The monoisotopic (exact) mass is 806 g/mol. The lowest BCUT2D eigenvalue weighted by atomic mass is 9.97. The number of amidine groups is 2. The number of nitrogens with zero attached hydrogens (tertiary/aromatic N) is 5. The van der Waals surface area contributed by atoms with Crippen LogP contribution in [0.3, 0.4) is 0 Å². The summed E-state index contributed by atoms with van der Waals surface area (Å²) in [6.07, 6.45) is 11.1. The first-order valence-corrected chi connectivity index (χ1v) is 20.5. The summed E-state index contributed by atoms with van der Waals surface area (Å²) in [6.45, 7) is 7.74. The van der Waals surface area contributed by atoms with Crippen LogP contribution < -0.4 is 0 Å². The lowest BCUT2D eigenvalue weighted by Gasteiger charge is -2.13. The number of nitrogens with one attached hydrogen (secondary N) is 1. The number of hydrogen-bond donors (Lipinski definition) is 1. The van der Waals surface area contributed by atoms with E-state index in [1.54, 1.807) is 0 Å². The molecule has 0 amide bonds. The molecule has 1 aromatic heterocycles. The van der Waals surface area contributed by atoms with E-state index in [0.29, 0.717) is 22.8 Å². The van der Waals surface area contributed by atoms with Gasteiger partial charge in [0.05, 0.1) is 6.21 Å². The van der Waals surface area contributed by atoms with Gasteiger partial charge in [-0.25, -0.2) is 24.9 Å². The molecule has 6 aromatic carbocycles. The Labute approximate surface area is 363 Å². The topological polar surface area (TPSA) is 104 Å². The fourth-order valence-electron chi connectivity index (χ4n) is 7.15. The molecule has 0 saturated heterocycles. The number of benzene rings is 6. The Morgan fingerprint density at radius 3 is 1.53 bits per heavy atom. The lowest BCUT2D eigenvalue weighted by Crippen LogP contribution is -2.13. The standard InChI is InChI=1S/C55H46N6O/c1-5-23-39(7-3)44-31-17-20-34-47(44)52(58-51(56)38(4)43(24-6-2)40-25-11-8-12-26-40)57-37-50(62)55-60-53(48-35-21-18-32-45(48)41-27-13-9-14-28-41)59-54(61-55)49-36-22-19-33-46(49)42-29-15-10-16-30-42/h5-37,56H,1-4H3/b23-5-,24-6-,39-7+,43-38-,56-51?,57-37?,58-52?. The molecule has 0 radical (unpaired) electrons. The van der Waals surface area contributed by atoms with Crippen LogP contribution in [0, 0.1) is 5.41 Å². The molecule has 7 nitrogen and oxygen atoms in total. The van der Waals surface area contributed by atoms with Crippen LogP contribution in [0.4, 0.5) is 0 Å². The zero-order valence-corrected chi connectivity index (χ0v) is 35.2. The number of Topliss-reactive ketones (excluding diaryl/α,β-unsaturated/α-hetero) is 1. The van der Waals surface area contributed by atoms with E-state index < -0.39 is 5.78 Å². The maximum atomic E-state index is 14.6. The first kappa shape index (κ1) is 42.1. The zero-order chi connectivity index (χ0) is 43.3. The number of carbonyl (C=O) groups is 1. The first-order chi connectivity index (χ1) is 30.4. The lowest BCUT2D eigenvalue weighted by molar-refractivity contribution is 0.106. The predicted octanol–water partition coefficient (Wildman–Crippen LogP) is 13.2. The Hall–Kier alpha value is -8.03. The van der Waals surface area contributed by atoms with Crippen molar-refractivity contribution >= 4 is 34.8 Å². The van der Waals surface area contributed by atoms with Crippen molar-refractivity contribution in [2.45, 2.75) is 27.7 Å². The molecule has 0 aliphatic carbocycles. The van der Waals surface area contributed by atoms with Gasteiger partial charge >= 0.3 is 0 Å². The minimum absolute atomic E-state index is 0.00388. The van der Waals surface area contributed by atoms with E-state index in [9.17, 15) is 10.2 Å². The molecule has 7 heteroatoms. The summed E-state index contributed by atoms with van der Waals surface area (Å²) in [4.78, 5) is 38.9. The summed E-state index contributed by atoms with van der Waals surface area (Å²) in [7, 11) is 0. The van der Waals surface area contributed by atoms with Crippen LogP contribution in [0.2, 0.25) is 0 Å². The van der Waals surface area contributed by atoms with Crippen molar-refractivity contribution in [3.63, 3.8) is 0 Å². The van der Waals surface area contributed by atoms with Crippen LogP contribution in [0.1, 0.15) is 55.0 Å². The minimum atomic E-state index is -0.549. The van der Waals surface area contributed by atoms with E-state index in [-0.39, 0.29) is 17.5 Å². The van der Waals surface area contributed by atoms with E-state index in [0.717, 1.165) is 55.7 Å². The van der Waals surface area contributed by atoms with E-state index in [4.69, 9.17) is 24.9 Å². The highest BCUT2D eigenvalue weighted by Gasteiger charge is 2.20. The van der Waals surface area contributed by atoms with Crippen molar-refractivity contribution in [1.29, 1.82) is 5.41 Å². The van der Waals surface area contributed by atoms with Gasteiger partial charge in [0, 0.05) is 22.3 Å². The van der Waals surface area contributed by atoms with Gasteiger partial charge in [0.2, 0.25) is 11.6 Å². The van der Waals surface area contributed by atoms with E-state index in [1.807, 2.05) is 222 Å². The molecule has 1 heterocycles. The summed E-state index contributed by atoms with van der Waals surface area (Å²) < 4.78 is 0. The second-order valence-electron chi connectivity index (χ2n) is 14.2. The largest absolute Gasteiger partial charge is 0.284 e. The second kappa shape index (κ2) is 20.3. The van der Waals surface area contributed by atoms with Gasteiger partial charge in [-0.1, -0.05) is 194 Å². The zero-order valence-electron chi connectivity index (χ0n) is 35.2. The average molecular weight is 807 g/mol. The van der Waals surface area contributed by atoms with Crippen LogP contribution in [-0.2, 0) is 0 Å². The molecule has 1 N–H and O–H groups in total. The fraction of sp³-hybridized carbons (Fsp3) is 0.0727. The van der Waals surface area contributed by atoms with Crippen molar-refractivity contribution in [1.82, 2.24) is 15.0 Å². The normalized spacial score (nSPS) is 12.6. The maximum Gasteiger partial charge on any atom is 0.241 e. The number of allylic oxidation sites excluding steroid dienone is 7. The molecule has 0 fully saturated rings. The highest BCUT2D eigenvalue weighted by atomic mass is 16.1. The third-order valence-electron chi connectivity index (χ3n) is 10.2. The van der Waals surface area contributed by atoms with Gasteiger partial charge in [0.15, 0.2) is 23.3 Å². The summed E-state index contributed by atoms with van der Waals surface area (Å²) in [5.74, 6) is 0.250. The molecule has 0 unspecified atom stereocenters. The Bertz CT molecular complexity index is 2800. The van der Waals surface area contributed by atoms with Crippen molar-refractivity contribution < 1.29 is 4.79 Å². The Morgan fingerprint density at radius 1 is 0.548 bits per heavy atom. The van der Waals surface area contributed by atoms with Gasteiger partial charge in [-0.2, -0.15) is 0 Å². The number of carbonyl (C=O) groups excluding carboxylic acids is 1. The van der Waals surface area contributed by atoms with Gasteiger partial charge in [-0.3, -0.25) is 10.2 Å². The highest BCUT2D eigenvalue weighted by Crippen LogP contribution is 2.34. The van der Waals surface area contributed by atoms with Gasteiger partial charge < -0.3 is 0 Å². The first-order valence-electron chi connectivity index (χ1n) is 20.5. The Balaban J connectivity index is 1.40. The smallest absolute Gasteiger partial charge is 0.241 e. The molecule has 0 bridgehead atoms. The van der Waals surface area contributed by atoms with Crippen molar-refractivity contribution in [2.75, 3.05) is 0 Å². The van der Waals surface area contributed by atoms with Crippen molar-refractivity contribution in [2.24, 2.45) is 9.98 Å². The van der Waals surface area contributed by atoms with Gasteiger partial charge in [0.1, 0.15) is 0 Å². The quantitative estimate of drug-likeness (QED) is 0.0574. The molecule has 0 spiro atoms. The molecule has 302 valence electrons. The maximum absolute atomic E-state index is 14.6. The van der Waals surface area contributed by atoms with E-state index in [2.05, 4.69) is 0 Å². The average Bonchev–Trinajstić information content (AvgIpc) is 3.34. The minimum Gasteiger partial charge on any atom is -0.284 e. The second-order valence-corrected chi connectivity index (χ2v) is 14.2. The number of ketones is 1. The molecule has 0 atom stereocenters. The molecule has 0 saturated carbocycles. The van der Waals surface area contributed by atoms with Crippen molar-refractivity contribution in [3.8, 4) is 45.0 Å². The molecular weight excluding hydrogens is 761 g/mol. The predicted molar refractivity (Wildman–Crippen MR) is 257 cm³/mol. The third kappa shape index (κ3) is 9.70. The molecule has 7 rings (SSSR count). The van der Waals surface area contributed by atoms with E-state index in [1.165, 1.54) is 6.21 Å². The van der Waals surface area contributed by atoms with Crippen LogP contribution in [0.15, 0.2) is 210 Å². The number of hydrogen-bond acceptors (Lipinski definition) is 5. The van der Waals surface area contributed by atoms with Gasteiger partial charge in [-0.15, -0.1) is 0 Å². The highest BCUT2D eigenvalue weighted by molar-refractivity contribution is 6.36. The van der Waals surface area contributed by atoms with Gasteiger partial charge in [0.25, 0.3) is 0 Å². The molecule has 0 aliphatic rings. The molecule has 0 aliphatic heterocycles. The summed E-state index contributed by atoms with van der Waals surface area (Å²) in [6, 6.07) is 53.5. The fourth-order valence-corrected chi connectivity index (χ4v) is 7.15. The van der Waals surface area contributed by atoms with Crippen molar-refractivity contribution in [3.05, 3.63) is 222 Å². The SMILES string of the molecule is C/C=C\C(=C(/C)C(=N)N=C(N=CC(=O)c1nc(-c2ccccc2-c2ccccc2)nc(-c2ccccc2-c2ccccc2)n1)c1ccccc1C(/C=C\C)=C/C)c1ccccc1. The van der Waals surface area contributed by atoms with Crippen LogP contribution in [0.5, 0.6) is 0 Å². The number of aliphatic imine (C=N–C) groups is 2. The Kier molecular flexibility index (Phi) is 13.8. The van der Waals surface area contributed by atoms with E-state index >= 15 is 0 Å². The number of rotatable bonds is 12. The molecular formula is C55H46N6O. The summed E-state index contributed by atoms with van der Waals surface area (Å²) >= 11 is 0. The Morgan fingerprint density at radius 2 is 1.02 bits per heavy atom. The molecule has 62 heavy (non-hydrogen) atoms.